The smallest absolute Gasteiger partial charge is 0.223 e. The molecule has 2 aromatic heterocycles. The lowest BCUT2D eigenvalue weighted by molar-refractivity contribution is 0.273. The summed E-state index contributed by atoms with van der Waals surface area (Å²) in [5, 5.41) is 7.61. The molecular formula is C29H53N3OS. The third kappa shape index (κ3) is 20.2. The van der Waals surface area contributed by atoms with Gasteiger partial charge in [-0.05, 0) is 50.2 Å². The van der Waals surface area contributed by atoms with Gasteiger partial charge in [0.15, 0.2) is 5.82 Å². The molecule has 34 heavy (non-hydrogen) atoms. The van der Waals surface area contributed by atoms with Crippen molar-refractivity contribution < 1.29 is 4.52 Å². The number of rotatable bonds is 1. The van der Waals surface area contributed by atoms with Crippen LogP contribution in [0.2, 0.25) is 0 Å². The van der Waals surface area contributed by atoms with Gasteiger partial charge in [0.1, 0.15) is 0 Å². The van der Waals surface area contributed by atoms with Gasteiger partial charge in [0.25, 0.3) is 0 Å². The Morgan fingerprint density at radius 2 is 1.06 bits per heavy atom. The first kappa shape index (κ1) is 30.8. The molecular weight excluding hydrogens is 438 g/mol. The van der Waals surface area contributed by atoms with Gasteiger partial charge >= 0.3 is 0 Å². The van der Waals surface area contributed by atoms with Crippen molar-refractivity contribution in [1.82, 2.24) is 15.0 Å². The molecule has 1 saturated heterocycles. The summed E-state index contributed by atoms with van der Waals surface area (Å²) in [6, 6.07) is 4.04. The lowest BCUT2D eigenvalue weighted by Crippen LogP contribution is -2.25. The van der Waals surface area contributed by atoms with E-state index in [0.29, 0.717) is 11.7 Å². The minimum atomic E-state index is 0.623. The highest BCUT2D eigenvalue weighted by molar-refractivity contribution is 7.07. The van der Waals surface area contributed by atoms with Crippen molar-refractivity contribution in [3.8, 4) is 0 Å². The van der Waals surface area contributed by atoms with E-state index in [1.54, 1.807) is 25.2 Å². The second kappa shape index (κ2) is 23.5. The average Bonchev–Trinajstić information content (AvgIpc) is 3.54. The summed E-state index contributed by atoms with van der Waals surface area (Å²) in [5.41, 5.74) is 0. The van der Waals surface area contributed by atoms with Gasteiger partial charge in [-0.25, -0.2) is 0 Å². The zero-order valence-corrected chi connectivity index (χ0v) is 23.4. The Hall–Kier alpha value is -1.20. The van der Waals surface area contributed by atoms with E-state index in [1.807, 2.05) is 22.9 Å². The maximum Gasteiger partial charge on any atom is 0.223 e. The van der Waals surface area contributed by atoms with Gasteiger partial charge in [0.2, 0.25) is 5.89 Å². The lowest BCUT2D eigenvalue weighted by atomic mass is 10.0. The van der Waals surface area contributed by atoms with Crippen molar-refractivity contribution in [2.24, 2.45) is 0 Å². The van der Waals surface area contributed by atoms with Crippen molar-refractivity contribution in [3.63, 3.8) is 0 Å². The van der Waals surface area contributed by atoms with Crippen LogP contribution in [-0.2, 0) is 0 Å². The Kier molecular flexibility index (Phi) is 21.3. The normalized spacial score (nSPS) is 18.6. The first-order valence-electron chi connectivity index (χ1n) is 14.2. The number of hydrogen-bond donors (Lipinski definition) is 0. The molecule has 1 aliphatic rings. The zero-order chi connectivity index (χ0) is 24.5. The molecule has 0 amide bonds. The quantitative estimate of drug-likeness (QED) is 0.398. The summed E-state index contributed by atoms with van der Waals surface area (Å²) in [6.45, 7) is 9.82. The second-order valence-electron chi connectivity index (χ2n) is 9.60. The maximum absolute atomic E-state index is 4.60. The molecule has 4 nitrogen and oxygen atoms in total. The first-order valence-corrected chi connectivity index (χ1v) is 15.1. The van der Waals surface area contributed by atoms with Gasteiger partial charge in [-0.2, -0.15) is 16.3 Å². The average molecular weight is 492 g/mol. The number of hydrogen-bond acceptors (Lipinski definition) is 5. The molecule has 0 aromatic carbocycles. The van der Waals surface area contributed by atoms with Crippen LogP contribution in [0.4, 0.5) is 0 Å². The summed E-state index contributed by atoms with van der Waals surface area (Å²) in [4.78, 5) is 6.51. The molecule has 3 heterocycles. The molecule has 0 atom stereocenters. The molecule has 196 valence electrons. The molecule has 1 aliphatic heterocycles. The second-order valence-corrected chi connectivity index (χ2v) is 10.4. The van der Waals surface area contributed by atoms with Crippen LogP contribution in [0.3, 0.4) is 0 Å². The van der Waals surface area contributed by atoms with Crippen molar-refractivity contribution in [2.75, 3.05) is 19.6 Å². The molecule has 5 heteroatoms. The number of aryl methyl sites for hydroxylation is 2. The van der Waals surface area contributed by atoms with E-state index < -0.39 is 0 Å². The van der Waals surface area contributed by atoms with Crippen LogP contribution in [0.5, 0.6) is 0 Å². The minimum absolute atomic E-state index is 0.623. The van der Waals surface area contributed by atoms with Gasteiger partial charge in [-0.15, -0.1) is 0 Å². The van der Waals surface area contributed by atoms with Gasteiger partial charge in [-0.1, -0.05) is 121 Å². The Bertz CT molecular complexity index is 575. The lowest BCUT2D eigenvalue weighted by Gasteiger charge is -2.20. The summed E-state index contributed by atoms with van der Waals surface area (Å²) in [5.74, 6) is 1.31. The Labute approximate surface area is 214 Å². The van der Waals surface area contributed by atoms with Crippen molar-refractivity contribution in [2.45, 2.75) is 130 Å². The van der Waals surface area contributed by atoms with Crippen molar-refractivity contribution >= 4 is 11.3 Å². The fourth-order valence-electron chi connectivity index (χ4n) is 4.38. The Balaban J connectivity index is 0.000000385. The highest BCUT2D eigenvalue weighted by Crippen LogP contribution is 2.15. The SMILES string of the molecule is CCN1CCCCCCCCCCCCCCCCCCC1.Cc1noc(C)n1.c1ccsc1. The summed E-state index contributed by atoms with van der Waals surface area (Å²) in [7, 11) is 0. The Morgan fingerprint density at radius 3 is 1.26 bits per heavy atom. The standard InChI is InChI=1S/C21H43N.C4H6N2O.C4H4S/c1-2-22-20-18-16-14-12-10-8-6-4-3-5-7-9-11-13-15-17-19-21-22;1-3-5-4(2)7-6-3;1-2-4-5-3-1/h2-21H2,1H3;1-2H3;1-4H. The summed E-state index contributed by atoms with van der Waals surface area (Å²) < 4.78 is 4.60. The molecule has 0 aliphatic carbocycles. The van der Waals surface area contributed by atoms with E-state index in [9.17, 15) is 0 Å². The van der Waals surface area contributed by atoms with Gasteiger partial charge < -0.3 is 9.42 Å². The Morgan fingerprint density at radius 1 is 0.676 bits per heavy atom. The van der Waals surface area contributed by atoms with Crippen LogP contribution >= 0.6 is 11.3 Å². The third-order valence-corrected chi connectivity index (χ3v) is 7.08. The van der Waals surface area contributed by atoms with Crippen LogP contribution < -0.4 is 0 Å². The third-order valence-electron chi connectivity index (χ3n) is 6.45. The van der Waals surface area contributed by atoms with Crippen molar-refractivity contribution in [1.29, 1.82) is 0 Å². The predicted molar refractivity (Wildman–Crippen MR) is 149 cm³/mol. The topological polar surface area (TPSA) is 42.2 Å². The van der Waals surface area contributed by atoms with E-state index >= 15 is 0 Å². The van der Waals surface area contributed by atoms with Crippen LogP contribution in [0.25, 0.3) is 0 Å². The van der Waals surface area contributed by atoms with E-state index in [1.165, 1.54) is 129 Å². The molecule has 0 bridgehead atoms. The predicted octanol–water partition coefficient (Wildman–Crippen LogP) is 9.39. The van der Waals surface area contributed by atoms with E-state index in [4.69, 9.17) is 0 Å². The van der Waals surface area contributed by atoms with Crippen LogP contribution in [0.1, 0.15) is 128 Å². The molecule has 3 rings (SSSR count). The van der Waals surface area contributed by atoms with Crippen LogP contribution in [0, 0.1) is 13.8 Å². The molecule has 0 saturated carbocycles. The van der Waals surface area contributed by atoms with Crippen LogP contribution in [0.15, 0.2) is 27.4 Å². The molecule has 0 spiro atoms. The number of nitrogens with zero attached hydrogens (tertiary/aromatic N) is 3. The highest BCUT2D eigenvalue weighted by Gasteiger charge is 2.02. The van der Waals surface area contributed by atoms with Gasteiger partial charge in [-0.3, -0.25) is 0 Å². The molecule has 2 aromatic rings. The molecule has 1 fully saturated rings. The fourth-order valence-corrected chi connectivity index (χ4v) is 4.83. The van der Waals surface area contributed by atoms with Crippen molar-refractivity contribution in [3.05, 3.63) is 34.6 Å². The van der Waals surface area contributed by atoms with Crippen LogP contribution in [-0.4, -0.2) is 34.7 Å². The maximum atomic E-state index is 4.60. The monoisotopic (exact) mass is 491 g/mol. The van der Waals surface area contributed by atoms with Gasteiger partial charge in [0, 0.05) is 6.92 Å². The molecule has 0 N–H and O–H groups in total. The van der Waals surface area contributed by atoms with E-state index in [2.05, 4.69) is 26.5 Å². The summed E-state index contributed by atoms with van der Waals surface area (Å²) in [6.07, 6.45) is 25.1. The number of thiophene rings is 1. The zero-order valence-electron chi connectivity index (χ0n) is 22.6. The van der Waals surface area contributed by atoms with E-state index in [-0.39, 0.29) is 0 Å². The van der Waals surface area contributed by atoms with Gasteiger partial charge in [0.05, 0.1) is 0 Å². The number of aromatic nitrogens is 2. The molecule has 0 unspecified atom stereocenters. The first-order chi connectivity index (χ1) is 16.7. The molecule has 0 radical (unpaired) electrons. The largest absolute Gasteiger partial charge is 0.340 e. The summed E-state index contributed by atoms with van der Waals surface area (Å²) >= 11 is 1.71. The fraction of sp³-hybridized carbons (Fsp3) is 0.793. The minimum Gasteiger partial charge on any atom is -0.340 e. The highest BCUT2D eigenvalue weighted by atomic mass is 32.1. The van der Waals surface area contributed by atoms with E-state index in [0.717, 1.165) is 0 Å².